The van der Waals surface area contributed by atoms with E-state index in [2.05, 4.69) is 0 Å². The zero-order chi connectivity index (χ0) is 12.1. The Morgan fingerprint density at radius 3 is 2.56 bits per heavy atom. The number of aliphatic carboxylic acids is 1. The van der Waals surface area contributed by atoms with E-state index in [0.717, 1.165) is 0 Å². The van der Waals surface area contributed by atoms with Crippen molar-refractivity contribution >= 4 is 17.6 Å². The summed E-state index contributed by atoms with van der Waals surface area (Å²) >= 11 is 0. The minimum Gasteiger partial charge on any atom is -0.480 e. The lowest BCUT2D eigenvalue weighted by Crippen LogP contribution is -2.35. The van der Waals surface area contributed by atoms with Crippen molar-refractivity contribution in [3.63, 3.8) is 0 Å². The highest BCUT2D eigenvalue weighted by atomic mass is 16.5. The van der Waals surface area contributed by atoms with E-state index in [1.54, 1.807) is 18.2 Å². The number of anilines is 1. The van der Waals surface area contributed by atoms with Crippen molar-refractivity contribution in [3.05, 3.63) is 29.8 Å². The van der Waals surface area contributed by atoms with E-state index >= 15 is 0 Å². The molecule has 16 heavy (non-hydrogen) atoms. The van der Waals surface area contributed by atoms with Crippen molar-refractivity contribution in [2.45, 2.75) is 6.04 Å². The van der Waals surface area contributed by atoms with Crippen LogP contribution in [0.5, 0.6) is 0 Å². The number of ether oxygens (including phenoxy) is 1. The van der Waals surface area contributed by atoms with Crippen LogP contribution in [0.3, 0.4) is 0 Å². The van der Waals surface area contributed by atoms with Gasteiger partial charge in [0.05, 0.1) is 5.56 Å². The summed E-state index contributed by atoms with van der Waals surface area (Å²) in [6, 6.07) is 5.12. The van der Waals surface area contributed by atoms with Gasteiger partial charge in [-0.1, -0.05) is 12.1 Å². The highest BCUT2D eigenvalue weighted by Gasteiger charge is 2.16. The molecule has 0 aliphatic carbocycles. The molecule has 0 saturated carbocycles. The Labute approximate surface area is 91.8 Å². The molecule has 0 spiro atoms. The maximum Gasteiger partial charge on any atom is 0.340 e. The number of hydrogen-bond acceptors (Lipinski definition) is 5. The molecule has 1 aromatic carbocycles. The van der Waals surface area contributed by atoms with Gasteiger partial charge in [0.25, 0.3) is 0 Å². The molecule has 0 bridgehead atoms. The molecule has 1 atom stereocenters. The van der Waals surface area contributed by atoms with Crippen LogP contribution in [-0.4, -0.2) is 29.7 Å². The van der Waals surface area contributed by atoms with Gasteiger partial charge in [0.1, 0.15) is 12.6 Å². The van der Waals surface area contributed by atoms with E-state index in [4.69, 9.17) is 21.3 Å². The van der Waals surface area contributed by atoms with Crippen molar-refractivity contribution in [1.82, 2.24) is 0 Å². The fraction of sp³-hybridized carbons (Fsp3) is 0.200. The van der Waals surface area contributed by atoms with Gasteiger partial charge < -0.3 is 21.3 Å². The van der Waals surface area contributed by atoms with Crippen LogP contribution in [0.15, 0.2) is 24.3 Å². The molecule has 0 amide bonds. The zero-order valence-electron chi connectivity index (χ0n) is 8.42. The van der Waals surface area contributed by atoms with Crippen molar-refractivity contribution in [3.8, 4) is 0 Å². The smallest absolute Gasteiger partial charge is 0.340 e. The van der Waals surface area contributed by atoms with Gasteiger partial charge in [-0.3, -0.25) is 4.79 Å². The number of carboxylic acids is 1. The van der Waals surface area contributed by atoms with E-state index in [1.165, 1.54) is 6.07 Å². The first-order valence-corrected chi connectivity index (χ1v) is 4.52. The van der Waals surface area contributed by atoms with Crippen LogP contribution >= 0.6 is 0 Å². The highest BCUT2D eigenvalue weighted by Crippen LogP contribution is 2.11. The average molecular weight is 224 g/mol. The second-order valence-electron chi connectivity index (χ2n) is 3.13. The third kappa shape index (κ3) is 2.96. The fourth-order valence-electron chi connectivity index (χ4n) is 0.997. The minimum absolute atomic E-state index is 0.195. The lowest BCUT2D eigenvalue weighted by atomic mass is 10.2. The van der Waals surface area contributed by atoms with Gasteiger partial charge >= 0.3 is 11.9 Å². The molecule has 0 unspecified atom stereocenters. The third-order valence-corrected chi connectivity index (χ3v) is 1.89. The maximum absolute atomic E-state index is 11.4. The topological polar surface area (TPSA) is 116 Å². The molecule has 6 heteroatoms. The maximum atomic E-state index is 11.4. The quantitative estimate of drug-likeness (QED) is 0.483. The number of benzene rings is 1. The van der Waals surface area contributed by atoms with E-state index in [1.807, 2.05) is 0 Å². The number of carbonyl (C=O) groups excluding carboxylic acids is 1. The molecule has 0 aromatic heterocycles. The number of hydrogen-bond donors (Lipinski definition) is 3. The largest absolute Gasteiger partial charge is 0.480 e. The van der Waals surface area contributed by atoms with Gasteiger partial charge in [0.15, 0.2) is 0 Å². The summed E-state index contributed by atoms with van der Waals surface area (Å²) in [7, 11) is 0. The van der Waals surface area contributed by atoms with Gasteiger partial charge in [0, 0.05) is 5.69 Å². The van der Waals surface area contributed by atoms with Crippen molar-refractivity contribution in [1.29, 1.82) is 0 Å². The summed E-state index contributed by atoms with van der Waals surface area (Å²) < 4.78 is 4.71. The Kier molecular flexibility index (Phi) is 3.84. The first-order valence-electron chi connectivity index (χ1n) is 4.52. The van der Waals surface area contributed by atoms with E-state index in [9.17, 15) is 9.59 Å². The van der Waals surface area contributed by atoms with Crippen LogP contribution in [0.1, 0.15) is 10.4 Å². The van der Waals surface area contributed by atoms with Crippen LogP contribution < -0.4 is 11.5 Å². The second kappa shape index (κ2) is 5.13. The van der Waals surface area contributed by atoms with Gasteiger partial charge in [-0.2, -0.15) is 0 Å². The summed E-state index contributed by atoms with van der Waals surface area (Å²) in [4.78, 5) is 21.8. The van der Waals surface area contributed by atoms with Crippen LogP contribution in [-0.2, 0) is 9.53 Å². The van der Waals surface area contributed by atoms with Crippen molar-refractivity contribution in [2.24, 2.45) is 5.73 Å². The predicted molar refractivity (Wildman–Crippen MR) is 56.7 cm³/mol. The zero-order valence-corrected chi connectivity index (χ0v) is 8.42. The first kappa shape index (κ1) is 12.0. The molecule has 0 heterocycles. The number of esters is 1. The number of carboxylic acid groups (broad SMARTS) is 1. The van der Waals surface area contributed by atoms with Crippen LogP contribution in [0.2, 0.25) is 0 Å². The summed E-state index contributed by atoms with van der Waals surface area (Å²) in [6.45, 7) is -0.386. The van der Waals surface area contributed by atoms with Crippen LogP contribution in [0.25, 0.3) is 0 Å². The standard InChI is InChI=1S/C10H12N2O4/c11-7-4-2-1-3-6(7)10(15)16-5-8(12)9(13)14/h1-4,8H,5,11-12H2,(H,13,14)/t8-/m0/s1. The second-order valence-corrected chi connectivity index (χ2v) is 3.13. The normalized spacial score (nSPS) is 11.8. The van der Waals surface area contributed by atoms with Gasteiger partial charge in [-0.25, -0.2) is 4.79 Å². The van der Waals surface area contributed by atoms with Crippen LogP contribution in [0.4, 0.5) is 5.69 Å². The predicted octanol–water partition coefficient (Wildman–Crippen LogP) is -0.163. The number of rotatable bonds is 4. The molecule has 1 rings (SSSR count). The number of nitrogens with two attached hydrogens (primary N) is 2. The van der Waals surface area contributed by atoms with E-state index in [0.29, 0.717) is 0 Å². The summed E-state index contributed by atoms with van der Waals surface area (Å²) in [5.41, 5.74) is 11.2. The Hall–Kier alpha value is -2.08. The molecule has 0 radical (unpaired) electrons. The van der Waals surface area contributed by atoms with Crippen molar-refractivity contribution in [2.75, 3.05) is 12.3 Å². The summed E-state index contributed by atoms with van der Waals surface area (Å²) in [5.74, 6) is -1.91. The molecular weight excluding hydrogens is 212 g/mol. The highest BCUT2D eigenvalue weighted by molar-refractivity contribution is 5.95. The monoisotopic (exact) mass is 224 g/mol. The van der Waals surface area contributed by atoms with E-state index in [-0.39, 0.29) is 17.9 Å². The Morgan fingerprint density at radius 2 is 2.00 bits per heavy atom. The molecule has 0 fully saturated rings. The first-order chi connectivity index (χ1) is 7.52. The van der Waals surface area contributed by atoms with Crippen molar-refractivity contribution < 1.29 is 19.4 Å². The molecule has 86 valence electrons. The van der Waals surface area contributed by atoms with Gasteiger partial charge in [-0.15, -0.1) is 0 Å². The Bertz CT molecular complexity index is 406. The lowest BCUT2D eigenvalue weighted by molar-refractivity contribution is -0.139. The molecular formula is C10H12N2O4. The lowest BCUT2D eigenvalue weighted by Gasteiger charge is -2.09. The minimum atomic E-state index is -1.23. The van der Waals surface area contributed by atoms with Gasteiger partial charge in [0.2, 0.25) is 0 Å². The number of nitrogen functional groups attached to an aromatic ring is 1. The Balaban J connectivity index is 2.60. The number of para-hydroxylation sites is 1. The summed E-state index contributed by atoms with van der Waals surface area (Å²) in [6.07, 6.45) is 0. The molecule has 5 N–H and O–H groups in total. The molecule has 0 saturated heterocycles. The average Bonchev–Trinajstić information content (AvgIpc) is 2.25. The van der Waals surface area contributed by atoms with Crippen LogP contribution in [0, 0.1) is 0 Å². The number of carbonyl (C=O) groups is 2. The third-order valence-electron chi connectivity index (χ3n) is 1.89. The van der Waals surface area contributed by atoms with E-state index < -0.39 is 18.0 Å². The SMILES string of the molecule is Nc1ccccc1C(=O)OC[C@H](N)C(=O)O. The molecule has 6 nitrogen and oxygen atoms in total. The van der Waals surface area contributed by atoms with Gasteiger partial charge in [-0.05, 0) is 12.1 Å². The molecule has 0 aliphatic rings. The molecule has 0 aliphatic heterocycles. The fourth-order valence-corrected chi connectivity index (χ4v) is 0.997. The summed E-state index contributed by atoms with van der Waals surface area (Å²) in [5, 5.41) is 8.48. The Morgan fingerprint density at radius 1 is 1.38 bits per heavy atom. The molecule has 1 aromatic rings.